The molecule has 0 aromatic heterocycles. The van der Waals surface area contributed by atoms with E-state index in [2.05, 4.69) is 14.2 Å². The van der Waals surface area contributed by atoms with Crippen molar-refractivity contribution in [1.82, 2.24) is 0 Å². The minimum atomic E-state index is -6.36. The quantitative estimate of drug-likeness (QED) is 0.0341. The highest BCUT2D eigenvalue weighted by atomic mass is 19.4. The van der Waals surface area contributed by atoms with Gasteiger partial charge < -0.3 is 44.8 Å². The molecule has 6 N–H and O–H groups in total. The highest BCUT2D eigenvalue weighted by molar-refractivity contribution is 5.76. The van der Waals surface area contributed by atoms with Gasteiger partial charge >= 0.3 is 66.8 Å². The summed E-state index contributed by atoms with van der Waals surface area (Å²) < 4.78 is 464. The van der Waals surface area contributed by atoms with Gasteiger partial charge in [-0.05, 0) is 92.9 Å². The van der Waals surface area contributed by atoms with E-state index in [1.807, 2.05) is 0 Å². The van der Waals surface area contributed by atoms with Crippen LogP contribution in [0.15, 0.2) is 0 Å². The number of halogens is 33. The second kappa shape index (κ2) is 29.8. The Morgan fingerprint density at radius 2 is 0.618 bits per heavy atom. The van der Waals surface area contributed by atoms with Crippen LogP contribution in [0.1, 0.15) is 160 Å². The number of hydrogen-bond acceptors (Lipinski definition) is 12. The Balaban J connectivity index is 0.000000765. The van der Waals surface area contributed by atoms with Crippen LogP contribution in [0.2, 0.25) is 0 Å². The van der Waals surface area contributed by atoms with E-state index in [1.54, 1.807) is 0 Å². The van der Waals surface area contributed by atoms with Gasteiger partial charge in [0.05, 0.1) is 16.8 Å². The Bertz CT molecular complexity index is 2680. The van der Waals surface area contributed by atoms with Gasteiger partial charge in [0.15, 0.2) is 0 Å². The number of alkyl halides is 33. The van der Waals surface area contributed by atoms with Gasteiger partial charge in [-0.3, -0.25) is 14.4 Å². The van der Waals surface area contributed by atoms with Gasteiger partial charge in [0.25, 0.3) is 40.5 Å². The summed E-state index contributed by atoms with van der Waals surface area (Å²) in [5.74, 6) is -50.5. The molecule has 0 heterocycles. The predicted octanol–water partition coefficient (Wildman–Crippen LogP) is 16.0. The highest BCUT2D eigenvalue weighted by Crippen LogP contribution is 2.63. The monoisotopic (exact) mass is 1580 g/mol. The molecule has 0 amide bonds. The summed E-state index contributed by atoms with van der Waals surface area (Å²) in [6.45, 7) is 7.92. The third-order valence-electron chi connectivity index (χ3n) is 17.5. The number of carbonyl (C=O) groups is 3. The number of rotatable bonds is 22. The largest absolute Gasteiger partial charge is 0.462 e. The maximum Gasteiger partial charge on any atom is 0.426 e. The maximum atomic E-state index is 15.0. The van der Waals surface area contributed by atoms with Crippen LogP contribution in [0.5, 0.6) is 0 Å². The van der Waals surface area contributed by atoms with Crippen molar-refractivity contribution in [1.29, 1.82) is 0 Å². The fourth-order valence-electron chi connectivity index (χ4n) is 11.9. The van der Waals surface area contributed by atoms with E-state index in [1.165, 1.54) is 0 Å². The van der Waals surface area contributed by atoms with E-state index < -0.39 is 272 Å². The van der Waals surface area contributed by atoms with E-state index in [0.29, 0.717) is 0 Å². The fourth-order valence-corrected chi connectivity index (χ4v) is 11.9. The Labute approximate surface area is 558 Å². The molecule has 12 unspecified atom stereocenters. The first-order valence-electron chi connectivity index (χ1n) is 29.9. The van der Waals surface area contributed by atoms with Crippen LogP contribution in [0.4, 0.5) is 145 Å². The van der Waals surface area contributed by atoms with Crippen molar-refractivity contribution in [3.63, 3.8) is 0 Å². The molecule has 3 rings (SSSR count). The van der Waals surface area contributed by atoms with Crippen LogP contribution in [0.25, 0.3) is 0 Å². The molecule has 102 heavy (non-hydrogen) atoms. The first kappa shape index (κ1) is 95.9. The van der Waals surface area contributed by atoms with E-state index in [-0.39, 0.29) is 20.8 Å². The zero-order valence-corrected chi connectivity index (χ0v) is 55.3. The maximum absolute atomic E-state index is 15.0. The molecule has 0 radical (unpaired) electrons. The SMILES string of the molecule is CC1CC(C(=O)OC(CC(C)(C)O)CC(O)(C(F)(F)F)C(F)(F)F)C(F)(F)C(F)(C(C)(F)F)C1.CCC1CC(C(=O)OC(CC(C)(C)O)CC(O)(C(F)(F)F)C(F)(F)F)C(F)(F)C(C)(F)C1(F)F.CCC1CC(C(=O)OC(CC(C)(C)O)CC(O)(C(F)(F)F)C(F)(F)F)C(F)(F)C1(F)C(C)(F)F. The lowest BCUT2D eigenvalue weighted by Crippen LogP contribution is -2.67. The van der Waals surface area contributed by atoms with E-state index in [0.717, 1.165) is 62.3 Å². The second-order valence-corrected chi connectivity index (χ2v) is 28.1. The Hall–Kier alpha value is -4.14. The van der Waals surface area contributed by atoms with E-state index in [4.69, 9.17) is 0 Å². The van der Waals surface area contributed by atoms with Crippen molar-refractivity contribution in [2.75, 3.05) is 0 Å². The van der Waals surface area contributed by atoms with Crippen LogP contribution >= 0.6 is 0 Å². The van der Waals surface area contributed by atoms with E-state index >= 15 is 0 Å². The van der Waals surface area contributed by atoms with Crippen molar-refractivity contribution in [2.24, 2.45) is 35.5 Å². The Morgan fingerprint density at radius 3 is 0.833 bits per heavy atom. The van der Waals surface area contributed by atoms with Gasteiger partial charge in [-0.1, -0.05) is 20.8 Å². The average Bonchev–Trinajstić information content (AvgIpc) is 1.32. The van der Waals surface area contributed by atoms with Crippen LogP contribution in [0, 0.1) is 35.5 Å². The van der Waals surface area contributed by atoms with Crippen molar-refractivity contribution < 1.29 is 204 Å². The first-order valence-corrected chi connectivity index (χ1v) is 29.9. The summed E-state index contributed by atoms with van der Waals surface area (Å²) >= 11 is 0. The summed E-state index contributed by atoms with van der Waals surface area (Å²) in [7, 11) is 0. The summed E-state index contributed by atoms with van der Waals surface area (Å²) in [6.07, 6.45) is -63.3. The third kappa shape index (κ3) is 19.8. The number of hydrogen-bond donors (Lipinski definition) is 6. The normalized spacial score (nSPS) is 28.1. The number of esters is 3. The smallest absolute Gasteiger partial charge is 0.426 e. The minimum Gasteiger partial charge on any atom is -0.462 e. The van der Waals surface area contributed by atoms with Gasteiger partial charge in [0.1, 0.15) is 36.1 Å². The molecule has 3 aliphatic carbocycles. The van der Waals surface area contributed by atoms with Crippen molar-refractivity contribution in [3.8, 4) is 0 Å². The van der Waals surface area contributed by atoms with Crippen LogP contribution in [-0.4, -0.2) is 190 Å². The van der Waals surface area contributed by atoms with Gasteiger partial charge in [-0.15, -0.1) is 0 Å². The molecular formula is C57H75F33O12. The molecule has 3 fully saturated rings. The molecule has 3 saturated carbocycles. The first-order chi connectivity index (χ1) is 44.2. The van der Waals surface area contributed by atoms with Gasteiger partial charge in [-0.2, -0.15) is 79.0 Å². The summed E-state index contributed by atoms with van der Waals surface area (Å²) in [5, 5.41) is 57.5. The minimum absolute atomic E-state index is 0.152. The van der Waals surface area contributed by atoms with Gasteiger partial charge in [-0.25, -0.2) is 65.9 Å². The second-order valence-electron chi connectivity index (χ2n) is 28.1. The van der Waals surface area contributed by atoms with Crippen LogP contribution < -0.4 is 0 Å². The van der Waals surface area contributed by atoms with Crippen molar-refractivity contribution >= 4 is 17.9 Å². The standard InChI is InChI=1S/3C19H25F11O4/c1-9-5-11(17(23,24)15(22,6-9)14(4,20)21)12(31)34-10(7-13(2,3)32)8-16(33,18(25,26)27)19(28,29)30;1-5-9-6-11(17(23,24)16(9,22)14(4,20)21)12(31)34-10(7-13(2,3)32)8-15(33,18(25,26)27)19(28,29)30;1-5-9-6-11(17(23,24)14(4,20)16(9,21)22)12(31)34-10(7-13(2,3)32)8-15(33,18(25,26)27)19(28,29)30/h3*9-11,32-33H,5-8H2,1-4H3. The molecule has 0 aliphatic heterocycles. The topological polar surface area (TPSA) is 200 Å². The lowest BCUT2D eigenvalue weighted by atomic mass is 9.67. The Kier molecular flexibility index (Phi) is 28.0. The number of carbonyl (C=O) groups excluding carboxylic acids is 3. The highest BCUT2D eigenvalue weighted by Gasteiger charge is 2.81. The zero-order valence-electron chi connectivity index (χ0n) is 55.3. The number of aliphatic hydroxyl groups is 6. The van der Waals surface area contributed by atoms with Crippen LogP contribution in [0.3, 0.4) is 0 Å². The van der Waals surface area contributed by atoms with Gasteiger partial charge in [0, 0.05) is 64.2 Å². The summed E-state index contributed by atoms with van der Waals surface area (Å²) in [5.41, 5.74) is -36.5. The fraction of sp³-hybridized carbons (Fsp3) is 0.947. The molecule has 0 spiro atoms. The Morgan fingerprint density at radius 1 is 0.373 bits per heavy atom. The van der Waals surface area contributed by atoms with Crippen molar-refractivity contribution in [2.45, 2.75) is 302 Å². The molecule has 12 atom stereocenters. The molecule has 0 aromatic rings. The van der Waals surface area contributed by atoms with Crippen LogP contribution in [-0.2, 0) is 28.6 Å². The lowest BCUT2D eigenvalue weighted by Gasteiger charge is -2.48. The molecule has 12 nitrogen and oxygen atoms in total. The molecular weight excluding hydrogens is 1500 g/mol. The predicted molar refractivity (Wildman–Crippen MR) is 281 cm³/mol. The number of ether oxygens (including phenoxy) is 3. The molecule has 0 bridgehead atoms. The molecule has 0 aromatic carbocycles. The third-order valence-corrected chi connectivity index (χ3v) is 17.5. The summed E-state index contributed by atoms with van der Waals surface area (Å²) in [6, 6.07) is 0. The van der Waals surface area contributed by atoms with Crippen molar-refractivity contribution in [3.05, 3.63) is 0 Å². The lowest BCUT2D eigenvalue weighted by molar-refractivity contribution is -0.375. The molecule has 45 heteroatoms. The zero-order chi connectivity index (χ0) is 82.0. The molecule has 606 valence electrons. The summed E-state index contributed by atoms with van der Waals surface area (Å²) in [4.78, 5) is 37.2. The average molecular weight is 1580 g/mol. The molecule has 3 aliphatic rings. The van der Waals surface area contributed by atoms with E-state index in [9.17, 15) is 190 Å². The van der Waals surface area contributed by atoms with Gasteiger partial charge in [0.2, 0.25) is 17.0 Å². The molecule has 0 saturated heterocycles.